The van der Waals surface area contributed by atoms with E-state index >= 15 is 0 Å². The van der Waals surface area contributed by atoms with Crippen LogP contribution in [0.2, 0.25) is 5.02 Å². The van der Waals surface area contributed by atoms with Gasteiger partial charge in [-0.05, 0) is 13.0 Å². The zero-order valence-electron chi connectivity index (χ0n) is 13.2. The summed E-state index contributed by atoms with van der Waals surface area (Å²) in [7, 11) is 0. The number of nitrogens with zero attached hydrogens (tertiary/aromatic N) is 2. The number of amides is 1. The van der Waals surface area contributed by atoms with Gasteiger partial charge in [0.1, 0.15) is 11.9 Å². The molecule has 122 valence electrons. The van der Waals surface area contributed by atoms with Gasteiger partial charge in [-0.25, -0.2) is 4.98 Å². The van der Waals surface area contributed by atoms with Crippen LogP contribution in [-0.4, -0.2) is 35.0 Å². The minimum absolute atomic E-state index is 0.00834. The number of carbonyl (C=O) groups excluding carboxylic acids is 1. The van der Waals surface area contributed by atoms with Gasteiger partial charge in [-0.3, -0.25) is 4.79 Å². The largest absolute Gasteiger partial charge is 0.446 e. The van der Waals surface area contributed by atoms with Gasteiger partial charge in [-0.15, -0.1) is 0 Å². The van der Waals surface area contributed by atoms with Crippen molar-refractivity contribution in [2.75, 3.05) is 13.2 Å². The molecule has 0 spiro atoms. The van der Waals surface area contributed by atoms with Gasteiger partial charge in [0.25, 0.3) is 0 Å². The summed E-state index contributed by atoms with van der Waals surface area (Å²) in [6.45, 7) is 4.71. The molecule has 3 rings (SSSR count). The average Bonchev–Trinajstić information content (AvgIpc) is 2.93. The van der Waals surface area contributed by atoms with E-state index in [-0.39, 0.29) is 24.5 Å². The third-order valence-electron chi connectivity index (χ3n) is 4.00. The van der Waals surface area contributed by atoms with Gasteiger partial charge in [0.2, 0.25) is 5.91 Å². The van der Waals surface area contributed by atoms with Crippen LogP contribution < -0.4 is 0 Å². The molecule has 0 bridgehead atoms. The van der Waals surface area contributed by atoms with Gasteiger partial charge in [0.15, 0.2) is 5.89 Å². The number of benzene rings is 1. The van der Waals surface area contributed by atoms with Crippen molar-refractivity contribution in [2.24, 2.45) is 0 Å². The minimum Gasteiger partial charge on any atom is -0.446 e. The number of carbonyl (C=O) groups is 1. The fraction of sp³-hybridized carbons (Fsp3) is 0.412. The number of oxazole rings is 1. The van der Waals surface area contributed by atoms with Gasteiger partial charge < -0.3 is 14.1 Å². The Kier molecular flexibility index (Phi) is 4.68. The Bertz CT molecular complexity index is 701. The third-order valence-corrected chi connectivity index (χ3v) is 4.34. The maximum absolute atomic E-state index is 12.6. The van der Waals surface area contributed by atoms with Gasteiger partial charge in [0, 0.05) is 17.5 Å². The van der Waals surface area contributed by atoms with Crippen molar-refractivity contribution in [2.45, 2.75) is 32.4 Å². The molecule has 0 aliphatic carbocycles. The summed E-state index contributed by atoms with van der Waals surface area (Å²) in [4.78, 5) is 18.5. The van der Waals surface area contributed by atoms with Crippen molar-refractivity contribution in [1.82, 2.24) is 9.88 Å². The van der Waals surface area contributed by atoms with Gasteiger partial charge >= 0.3 is 0 Å². The lowest BCUT2D eigenvalue weighted by Crippen LogP contribution is -2.48. The van der Waals surface area contributed by atoms with Crippen LogP contribution in [0.4, 0.5) is 0 Å². The Labute approximate surface area is 140 Å². The number of hydrogen-bond acceptors (Lipinski definition) is 4. The van der Waals surface area contributed by atoms with Crippen molar-refractivity contribution in [3.05, 3.63) is 52.7 Å². The summed E-state index contributed by atoms with van der Waals surface area (Å²) in [5.74, 6) is 1.16. The number of morpholine rings is 1. The second kappa shape index (κ2) is 6.72. The lowest BCUT2D eigenvalue weighted by molar-refractivity contribution is -0.144. The molecule has 5 nitrogen and oxygen atoms in total. The Morgan fingerprint density at radius 1 is 1.43 bits per heavy atom. The molecule has 2 atom stereocenters. The van der Waals surface area contributed by atoms with E-state index in [1.54, 1.807) is 13.1 Å². The second-order valence-corrected chi connectivity index (χ2v) is 6.17. The first kappa shape index (κ1) is 16.0. The number of halogens is 1. The number of aromatic nitrogens is 1. The van der Waals surface area contributed by atoms with E-state index in [0.717, 1.165) is 5.56 Å². The molecule has 0 N–H and O–H groups in total. The highest BCUT2D eigenvalue weighted by Crippen LogP contribution is 2.30. The summed E-state index contributed by atoms with van der Waals surface area (Å²) in [6, 6.07) is 7.59. The molecule has 1 fully saturated rings. The normalized spacial score (nSPS) is 21.4. The van der Waals surface area contributed by atoms with Gasteiger partial charge in [0.05, 0.1) is 31.8 Å². The zero-order valence-corrected chi connectivity index (χ0v) is 13.9. The highest BCUT2D eigenvalue weighted by molar-refractivity contribution is 6.31. The van der Waals surface area contributed by atoms with Crippen LogP contribution in [0.5, 0.6) is 0 Å². The van der Waals surface area contributed by atoms with Crippen LogP contribution in [-0.2, 0) is 16.0 Å². The third kappa shape index (κ3) is 3.57. The van der Waals surface area contributed by atoms with E-state index in [0.29, 0.717) is 29.8 Å². The molecule has 2 unspecified atom stereocenters. The Balaban J connectivity index is 1.73. The first-order valence-electron chi connectivity index (χ1n) is 7.61. The zero-order chi connectivity index (χ0) is 16.4. The van der Waals surface area contributed by atoms with E-state index in [9.17, 15) is 4.79 Å². The maximum atomic E-state index is 12.6. The molecular weight excluding hydrogens is 316 g/mol. The van der Waals surface area contributed by atoms with Crippen LogP contribution in [0.3, 0.4) is 0 Å². The number of rotatable bonds is 3. The molecule has 2 heterocycles. The Hall–Kier alpha value is -1.85. The summed E-state index contributed by atoms with van der Waals surface area (Å²) in [5, 5.41) is 0.658. The lowest BCUT2D eigenvalue weighted by atomic mass is 10.1. The fourth-order valence-electron chi connectivity index (χ4n) is 2.77. The van der Waals surface area contributed by atoms with Gasteiger partial charge in [-0.1, -0.05) is 29.8 Å². The van der Waals surface area contributed by atoms with E-state index in [1.807, 2.05) is 36.1 Å². The molecule has 1 saturated heterocycles. The first-order chi connectivity index (χ1) is 11.0. The molecule has 0 radical (unpaired) electrons. The Morgan fingerprint density at radius 3 is 2.91 bits per heavy atom. The van der Waals surface area contributed by atoms with Crippen LogP contribution >= 0.6 is 11.6 Å². The highest BCUT2D eigenvalue weighted by Gasteiger charge is 2.31. The summed E-state index contributed by atoms with van der Waals surface area (Å²) >= 11 is 6.25. The van der Waals surface area contributed by atoms with Crippen LogP contribution in [0.25, 0.3) is 0 Å². The number of aryl methyl sites for hydroxylation is 1. The fourth-order valence-corrected chi connectivity index (χ4v) is 3.02. The standard InChI is InChI=1S/C17H19ClN2O3/c1-11-10-22-16(14-5-3-4-6-15(14)18)9-20(11)17(21)7-13-8-19-12(2)23-13/h3-6,8,11,16H,7,9-10H2,1-2H3. The average molecular weight is 335 g/mol. The van der Waals surface area contributed by atoms with E-state index < -0.39 is 0 Å². The molecule has 1 amide bonds. The summed E-state index contributed by atoms with van der Waals surface area (Å²) < 4.78 is 11.3. The van der Waals surface area contributed by atoms with E-state index in [2.05, 4.69) is 4.98 Å². The van der Waals surface area contributed by atoms with Crippen molar-refractivity contribution in [3.63, 3.8) is 0 Å². The van der Waals surface area contributed by atoms with Crippen molar-refractivity contribution < 1.29 is 13.9 Å². The minimum atomic E-state index is -0.208. The topological polar surface area (TPSA) is 55.6 Å². The van der Waals surface area contributed by atoms with Crippen LogP contribution in [0.1, 0.15) is 30.2 Å². The molecule has 1 aliphatic rings. The molecule has 23 heavy (non-hydrogen) atoms. The summed E-state index contributed by atoms with van der Waals surface area (Å²) in [6.07, 6.45) is 1.60. The predicted molar refractivity (Wildman–Crippen MR) is 86.3 cm³/mol. The SMILES string of the molecule is Cc1ncc(CC(=O)N2CC(c3ccccc3Cl)OCC2C)o1. The van der Waals surface area contributed by atoms with Gasteiger partial charge in [-0.2, -0.15) is 0 Å². The molecule has 6 heteroatoms. The second-order valence-electron chi connectivity index (χ2n) is 5.76. The monoisotopic (exact) mass is 334 g/mol. The Morgan fingerprint density at radius 2 is 2.22 bits per heavy atom. The number of hydrogen-bond donors (Lipinski definition) is 0. The molecule has 1 aromatic heterocycles. The first-order valence-corrected chi connectivity index (χ1v) is 7.99. The predicted octanol–water partition coefficient (Wildman–Crippen LogP) is 3.17. The lowest BCUT2D eigenvalue weighted by Gasteiger charge is -2.38. The van der Waals surface area contributed by atoms with Crippen LogP contribution in [0.15, 0.2) is 34.9 Å². The molecule has 1 aliphatic heterocycles. The molecule has 1 aromatic carbocycles. The quantitative estimate of drug-likeness (QED) is 0.865. The number of ether oxygens (including phenoxy) is 1. The van der Waals surface area contributed by atoms with E-state index in [4.69, 9.17) is 20.8 Å². The summed E-state index contributed by atoms with van der Waals surface area (Å²) in [5.41, 5.74) is 0.911. The van der Waals surface area contributed by atoms with Crippen molar-refractivity contribution in [1.29, 1.82) is 0 Å². The smallest absolute Gasteiger partial charge is 0.230 e. The maximum Gasteiger partial charge on any atom is 0.230 e. The van der Waals surface area contributed by atoms with E-state index in [1.165, 1.54) is 0 Å². The molecular formula is C17H19ClN2O3. The molecule has 0 saturated carbocycles. The van der Waals surface area contributed by atoms with Crippen molar-refractivity contribution >= 4 is 17.5 Å². The van der Waals surface area contributed by atoms with Crippen LogP contribution in [0, 0.1) is 6.92 Å². The van der Waals surface area contributed by atoms with Crippen molar-refractivity contribution in [3.8, 4) is 0 Å². The molecule has 2 aromatic rings. The highest BCUT2D eigenvalue weighted by atomic mass is 35.5.